The molecule has 6 nitrogen and oxygen atoms in total. The molecule has 8 heteroatoms. The van der Waals surface area contributed by atoms with Crippen molar-refractivity contribution in [3.63, 3.8) is 0 Å². The van der Waals surface area contributed by atoms with E-state index in [4.69, 9.17) is 23.4 Å². The molecule has 0 amide bonds. The zero-order chi connectivity index (χ0) is 21.4. The lowest BCUT2D eigenvalue weighted by Gasteiger charge is -2.32. The van der Waals surface area contributed by atoms with E-state index >= 15 is 0 Å². The Balaban J connectivity index is 2.14. The quantitative estimate of drug-likeness (QED) is 0.371. The molecule has 0 aromatic heterocycles. The van der Waals surface area contributed by atoms with Crippen molar-refractivity contribution in [2.45, 2.75) is 103 Å². The van der Waals surface area contributed by atoms with E-state index in [-0.39, 0.29) is 5.97 Å². The largest absolute Gasteiger partial charge is 0.489 e. The van der Waals surface area contributed by atoms with Crippen molar-refractivity contribution in [3.8, 4) is 0 Å². The first kappa shape index (κ1) is 23.5. The summed E-state index contributed by atoms with van der Waals surface area (Å²) in [7, 11) is 0.498. The van der Waals surface area contributed by atoms with Gasteiger partial charge in [-0.25, -0.2) is 0 Å². The standard InChI is InChI=1S/C20H36B2O6/c1-17(2)18(3,4)26-21(25-17)14-15(12-10-11-13-16(23)24-9)22-27-19(5,6)20(7,8)28-22/h14H,10-13H2,1-9H3/b15-14-. The van der Waals surface area contributed by atoms with Gasteiger partial charge < -0.3 is 23.4 Å². The zero-order valence-electron chi connectivity index (χ0n) is 19.0. The number of methoxy groups -OCH3 is 1. The number of esters is 1. The van der Waals surface area contributed by atoms with Crippen LogP contribution in [0.3, 0.4) is 0 Å². The summed E-state index contributed by atoms with van der Waals surface area (Å²) in [5, 5.41) is 0. The molecule has 2 fully saturated rings. The molecule has 0 N–H and O–H groups in total. The van der Waals surface area contributed by atoms with Gasteiger partial charge in [0.05, 0.1) is 29.5 Å². The third kappa shape index (κ3) is 5.02. The number of ether oxygens (including phenoxy) is 1. The van der Waals surface area contributed by atoms with Gasteiger partial charge in [-0.3, -0.25) is 4.79 Å². The number of carbonyl (C=O) groups is 1. The highest BCUT2D eigenvalue weighted by atomic mass is 16.7. The van der Waals surface area contributed by atoms with E-state index in [1.165, 1.54) is 7.11 Å². The van der Waals surface area contributed by atoms with E-state index in [2.05, 4.69) is 0 Å². The van der Waals surface area contributed by atoms with E-state index in [1.54, 1.807) is 0 Å². The average molecular weight is 394 g/mol. The fourth-order valence-electron chi connectivity index (χ4n) is 3.11. The smallest absolute Gasteiger partial charge is 0.469 e. The van der Waals surface area contributed by atoms with Crippen LogP contribution in [0.15, 0.2) is 11.4 Å². The molecule has 0 radical (unpaired) electrons. The predicted octanol–water partition coefficient (Wildman–Crippen LogP) is 3.91. The summed E-state index contributed by atoms with van der Waals surface area (Å²) in [5.41, 5.74) is -0.653. The topological polar surface area (TPSA) is 63.2 Å². The maximum atomic E-state index is 11.4. The predicted molar refractivity (Wildman–Crippen MR) is 111 cm³/mol. The zero-order valence-corrected chi connectivity index (χ0v) is 19.0. The summed E-state index contributed by atoms with van der Waals surface area (Å²) in [5.74, 6) is 1.80. The first-order valence-electron chi connectivity index (χ1n) is 10.2. The molecule has 2 saturated heterocycles. The molecule has 0 aromatic carbocycles. The van der Waals surface area contributed by atoms with Crippen LogP contribution in [0.25, 0.3) is 0 Å². The molecule has 2 aliphatic rings. The lowest BCUT2D eigenvalue weighted by molar-refractivity contribution is -0.140. The molecule has 0 saturated carbocycles. The van der Waals surface area contributed by atoms with Gasteiger partial charge in [-0.05, 0) is 80.1 Å². The molecule has 2 rings (SSSR count). The summed E-state index contributed by atoms with van der Waals surface area (Å²) >= 11 is 0. The molecule has 2 heterocycles. The normalized spacial score (nSPS) is 25.2. The average Bonchev–Trinajstić information content (AvgIpc) is 2.89. The highest BCUT2D eigenvalue weighted by molar-refractivity contribution is 6.60. The molecular formula is C20H36B2O6. The highest BCUT2D eigenvalue weighted by Gasteiger charge is 2.54. The van der Waals surface area contributed by atoms with Crippen molar-refractivity contribution >= 4 is 20.2 Å². The van der Waals surface area contributed by atoms with Gasteiger partial charge in [0.25, 0.3) is 0 Å². The van der Waals surface area contributed by atoms with Gasteiger partial charge in [0, 0.05) is 6.42 Å². The van der Waals surface area contributed by atoms with Crippen LogP contribution < -0.4 is 0 Å². The number of unbranched alkanes of at least 4 members (excludes halogenated alkanes) is 1. The summed E-state index contributed by atoms with van der Waals surface area (Å²) in [6.45, 7) is 16.3. The van der Waals surface area contributed by atoms with Gasteiger partial charge in [0.1, 0.15) is 0 Å². The maximum absolute atomic E-state index is 11.4. The third-order valence-corrected chi connectivity index (χ3v) is 6.50. The van der Waals surface area contributed by atoms with E-state index < -0.39 is 36.6 Å². The monoisotopic (exact) mass is 394 g/mol. The van der Waals surface area contributed by atoms with E-state index in [1.807, 2.05) is 61.4 Å². The molecule has 158 valence electrons. The minimum atomic E-state index is -0.459. The lowest BCUT2D eigenvalue weighted by atomic mass is 9.69. The van der Waals surface area contributed by atoms with Gasteiger partial charge in [-0.1, -0.05) is 5.98 Å². The molecule has 0 aliphatic carbocycles. The Morgan fingerprint density at radius 2 is 1.21 bits per heavy atom. The van der Waals surface area contributed by atoms with Crippen LogP contribution in [0.1, 0.15) is 81.1 Å². The van der Waals surface area contributed by atoms with Crippen molar-refractivity contribution in [2.75, 3.05) is 7.11 Å². The van der Waals surface area contributed by atoms with Gasteiger partial charge >= 0.3 is 20.2 Å². The van der Waals surface area contributed by atoms with E-state index in [0.717, 1.165) is 24.7 Å². The Bertz CT molecular complexity index is 580. The highest BCUT2D eigenvalue weighted by Crippen LogP contribution is 2.41. The van der Waals surface area contributed by atoms with Crippen molar-refractivity contribution in [2.24, 2.45) is 0 Å². The Hall–Kier alpha value is -0.820. The number of hydrogen-bond acceptors (Lipinski definition) is 6. The number of rotatable bonds is 7. The van der Waals surface area contributed by atoms with Crippen molar-refractivity contribution in [1.82, 2.24) is 0 Å². The Kier molecular flexibility index (Phi) is 6.81. The van der Waals surface area contributed by atoms with Crippen molar-refractivity contribution in [3.05, 3.63) is 11.4 Å². The molecule has 0 aromatic rings. The fourth-order valence-corrected chi connectivity index (χ4v) is 3.11. The van der Waals surface area contributed by atoms with Crippen LogP contribution in [0.5, 0.6) is 0 Å². The second-order valence-electron chi connectivity index (χ2n) is 9.74. The minimum Gasteiger partial charge on any atom is -0.469 e. The molecule has 2 aliphatic heterocycles. The van der Waals surface area contributed by atoms with Gasteiger partial charge in [-0.2, -0.15) is 0 Å². The van der Waals surface area contributed by atoms with Crippen LogP contribution in [-0.4, -0.2) is 49.7 Å². The van der Waals surface area contributed by atoms with Crippen LogP contribution >= 0.6 is 0 Å². The van der Waals surface area contributed by atoms with Gasteiger partial charge in [0.2, 0.25) is 0 Å². The number of hydrogen-bond donors (Lipinski definition) is 0. The van der Waals surface area contributed by atoms with Crippen LogP contribution in [0, 0.1) is 0 Å². The summed E-state index contributed by atoms with van der Waals surface area (Å²) in [6.07, 6.45) is 2.71. The maximum Gasteiger partial charge on any atom is 0.489 e. The SMILES string of the molecule is COC(=O)CCCC/C(=C/B1OC(C)(C)C(C)(C)O1)B1OC(C)(C)C(C)(C)O1. The molecule has 0 unspecified atom stereocenters. The summed E-state index contributed by atoms with van der Waals surface area (Å²) < 4.78 is 29.5. The minimum absolute atomic E-state index is 0.188. The van der Waals surface area contributed by atoms with E-state index in [9.17, 15) is 4.79 Å². The van der Waals surface area contributed by atoms with Crippen molar-refractivity contribution in [1.29, 1.82) is 0 Å². The Morgan fingerprint density at radius 3 is 1.68 bits per heavy atom. The molecule has 28 heavy (non-hydrogen) atoms. The van der Waals surface area contributed by atoms with Crippen LogP contribution in [-0.2, 0) is 28.1 Å². The lowest BCUT2D eigenvalue weighted by Crippen LogP contribution is -2.41. The molecule has 0 atom stereocenters. The second kappa shape index (κ2) is 8.13. The number of allylic oxidation sites excluding steroid dienone is 1. The van der Waals surface area contributed by atoms with Crippen LogP contribution in [0.4, 0.5) is 0 Å². The van der Waals surface area contributed by atoms with Crippen molar-refractivity contribution < 1.29 is 28.1 Å². The first-order chi connectivity index (χ1) is 12.7. The summed E-state index contributed by atoms with van der Waals surface area (Å²) in [6, 6.07) is 0. The molecule has 0 spiro atoms. The summed E-state index contributed by atoms with van der Waals surface area (Å²) in [4.78, 5) is 11.4. The molecule has 0 bridgehead atoms. The van der Waals surface area contributed by atoms with Gasteiger partial charge in [-0.15, -0.1) is 0 Å². The Morgan fingerprint density at radius 1 is 0.786 bits per heavy atom. The molecular weight excluding hydrogens is 358 g/mol. The fraction of sp³-hybridized carbons (Fsp3) is 0.850. The Labute approximate surface area is 170 Å². The first-order valence-corrected chi connectivity index (χ1v) is 10.2. The third-order valence-electron chi connectivity index (χ3n) is 6.50. The van der Waals surface area contributed by atoms with E-state index in [0.29, 0.717) is 6.42 Å². The second-order valence-corrected chi connectivity index (χ2v) is 9.74. The van der Waals surface area contributed by atoms with Crippen LogP contribution in [0.2, 0.25) is 0 Å². The van der Waals surface area contributed by atoms with Gasteiger partial charge in [0.15, 0.2) is 0 Å². The number of carbonyl (C=O) groups excluding carboxylic acids is 1.